The van der Waals surface area contributed by atoms with Crippen LogP contribution in [-0.2, 0) is 17.6 Å². The molecule has 0 radical (unpaired) electrons. The number of anilines is 3. The van der Waals surface area contributed by atoms with Crippen molar-refractivity contribution in [3.8, 4) is 0 Å². The Bertz CT molecular complexity index is 1040. The molecule has 6 rings (SSSR count). The summed E-state index contributed by atoms with van der Waals surface area (Å²) in [6.07, 6.45) is 10.8. The van der Waals surface area contributed by atoms with Crippen LogP contribution in [0.25, 0.3) is 0 Å². The predicted octanol–water partition coefficient (Wildman–Crippen LogP) is 3.04. The van der Waals surface area contributed by atoms with Gasteiger partial charge in [-0.3, -0.25) is 9.89 Å². The van der Waals surface area contributed by atoms with E-state index in [1.807, 2.05) is 4.90 Å². The van der Waals surface area contributed by atoms with Crippen molar-refractivity contribution < 1.29 is 9.90 Å². The molecule has 2 aliphatic carbocycles. The van der Waals surface area contributed by atoms with Crippen molar-refractivity contribution in [2.75, 3.05) is 29.9 Å². The van der Waals surface area contributed by atoms with Gasteiger partial charge in [0.1, 0.15) is 11.9 Å². The van der Waals surface area contributed by atoms with Gasteiger partial charge in [0.15, 0.2) is 5.82 Å². The number of aliphatic hydroxyl groups excluding tert-OH is 1. The number of aromatic amines is 1. The van der Waals surface area contributed by atoms with Gasteiger partial charge in [0.05, 0.1) is 11.8 Å². The first-order valence-electron chi connectivity index (χ1n) is 13.1. The van der Waals surface area contributed by atoms with Gasteiger partial charge >= 0.3 is 0 Å². The Balaban J connectivity index is 1.27. The van der Waals surface area contributed by atoms with E-state index in [1.165, 1.54) is 37.8 Å². The quantitative estimate of drug-likeness (QED) is 0.622. The van der Waals surface area contributed by atoms with Crippen molar-refractivity contribution >= 4 is 23.5 Å². The lowest BCUT2D eigenvalue weighted by molar-refractivity contribution is -0.133. The number of carbonyl (C=O) groups is 1. The summed E-state index contributed by atoms with van der Waals surface area (Å²) in [7, 11) is 0. The van der Waals surface area contributed by atoms with E-state index >= 15 is 0 Å². The molecule has 182 valence electrons. The largest absolute Gasteiger partial charge is 0.392 e. The first-order valence-corrected chi connectivity index (χ1v) is 13.1. The monoisotopic (exact) mass is 465 g/mol. The van der Waals surface area contributed by atoms with E-state index in [0.717, 1.165) is 62.4 Å². The van der Waals surface area contributed by atoms with Crippen molar-refractivity contribution in [1.29, 1.82) is 0 Å². The minimum absolute atomic E-state index is 0.199. The van der Waals surface area contributed by atoms with Crippen molar-refractivity contribution in [3.63, 3.8) is 0 Å². The number of nitrogens with zero attached hydrogens (tertiary/aromatic N) is 5. The Morgan fingerprint density at radius 1 is 1.00 bits per heavy atom. The van der Waals surface area contributed by atoms with Gasteiger partial charge in [-0.15, -0.1) is 0 Å². The zero-order valence-corrected chi connectivity index (χ0v) is 19.8. The highest BCUT2D eigenvalue weighted by Gasteiger charge is 2.37. The van der Waals surface area contributed by atoms with Crippen LogP contribution in [0.4, 0.5) is 17.6 Å². The SMILES string of the molecule is O=C([C@H]1CCCN1c1nc2c(c(Nc3cc(C4CCCC4)[nH]n3)n1)C[C@@H](O)C2)N1CCCCC1. The average Bonchev–Trinajstić information content (AvgIpc) is 3.65. The van der Waals surface area contributed by atoms with E-state index in [4.69, 9.17) is 9.97 Å². The highest BCUT2D eigenvalue weighted by atomic mass is 16.3. The number of nitrogens with one attached hydrogen (secondary N) is 2. The van der Waals surface area contributed by atoms with Crippen LogP contribution in [0, 0.1) is 0 Å². The first kappa shape index (κ1) is 21.8. The Labute approximate surface area is 200 Å². The maximum atomic E-state index is 13.3. The van der Waals surface area contributed by atoms with Crippen molar-refractivity contribution in [2.45, 2.75) is 88.7 Å². The van der Waals surface area contributed by atoms with Crippen LogP contribution in [0.3, 0.4) is 0 Å². The second kappa shape index (κ2) is 9.17. The minimum atomic E-state index is -0.447. The number of aliphatic hydroxyl groups is 1. The molecule has 4 heterocycles. The number of hydrogen-bond acceptors (Lipinski definition) is 7. The molecule has 9 nitrogen and oxygen atoms in total. The molecule has 4 aliphatic rings. The number of carbonyl (C=O) groups excluding carboxylic acids is 1. The van der Waals surface area contributed by atoms with Gasteiger partial charge in [-0.2, -0.15) is 10.1 Å². The summed E-state index contributed by atoms with van der Waals surface area (Å²) < 4.78 is 0. The van der Waals surface area contributed by atoms with Gasteiger partial charge in [0.25, 0.3) is 0 Å². The van der Waals surface area contributed by atoms with Crippen LogP contribution >= 0.6 is 0 Å². The number of aromatic nitrogens is 4. The van der Waals surface area contributed by atoms with Gasteiger partial charge in [0.2, 0.25) is 11.9 Å². The molecule has 2 aromatic rings. The van der Waals surface area contributed by atoms with Crippen molar-refractivity contribution in [2.24, 2.45) is 0 Å². The zero-order chi connectivity index (χ0) is 23.1. The summed E-state index contributed by atoms with van der Waals surface area (Å²) in [4.78, 5) is 27.2. The summed E-state index contributed by atoms with van der Waals surface area (Å²) in [5.41, 5.74) is 3.01. The van der Waals surface area contributed by atoms with E-state index in [1.54, 1.807) is 0 Å². The van der Waals surface area contributed by atoms with Crippen LogP contribution in [0.2, 0.25) is 0 Å². The van der Waals surface area contributed by atoms with Gasteiger partial charge < -0.3 is 20.2 Å². The highest BCUT2D eigenvalue weighted by molar-refractivity contribution is 5.85. The Kier molecular flexibility index (Phi) is 5.89. The second-order valence-corrected chi connectivity index (χ2v) is 10.4. The third kappa shape index (κ3) is 4.15. The maximum Gasteiger partial charge on any atom is 0.245 e. The first-order chi connectivity index (χ1) is 16.7. The fourth-order valence-electron chi connectivity index (χ4n) is 6.22. The topological polar surface area (TPSA) is 110 Å². The number of likely N-dealkylation sites (tertiary alicyclic amines) is 1. The summed E-state index contributed by atoms with van der Waals surface area (Å²) in [6, 6.07) is 1.89. The third-order valence-corrected chi connectivity index (χ3v) is 8.05. The van der Waals surface area contributed by atoms with Crippen molar-refractivity contribution in [1.82, 2.24) is 25.1 Å². The molecule has 9 heteroatoms. The van der Waals surface area contributed by atoms with Crippen LogP contribution in [0.15, 0.2) is 6.07 Å². The van der Waals surface area contributed by atoms with E-state index in [2.05, 4.69) is 26.5 Å². The number of rotatable bonds is 5. The van der Waals surface area contributed by atoms with Crippen LogP contribution in [0.1, 0.15) is 80.7 Å². The fourth-order valence-corrected chi connectivity index (χ4v) is 6.22. The molecule has 2 saturated heterocycles. The molecule has 0 aromatic carbocycles. The molecule has 3 fully saturated rings. The lowest BCUT2D eigenvalue weighted by Gasteiger charge is -2.32. The van der Waals surface area contributed by atoms with E-state index < -0.39 is 6.10 Å². The minimum Gasteiger partial charge on any atom is -0.392 e. The third-order valence-electron chi connectivity index (χ3n) is 8.05. The molecular formula is C25H35N7O2. The van der Waals surface area contributed by atoms with Gasteiger partial charge in [-0.05, 0) is 44.9 Å². The fraction of sp³-hybridized carbons (Fsp3) is 0.680. The molecule has 2 atom stereocenters. The zero-order valence-electron chi connectivity index (χ0n) is 19.8. The highest BCUT2D eigenvalue weighted by Crippen LogP contribution is 2.36. The van der Waals surface area contributed by atoms with Gasteiger partial charge in [-0.25, -0.2) is 4.98 Å². The second-order valence-electron chi connectivity index (χ2n) is 10.4. The number of piperidine rings is 1. The smallest absolute Gasteiger partial charge is 0.245 e. The Hall–Kier alpha value is -2.68. The maximum absolute atomic E-state index is 13.3. The summed E-state index contributed by atoms with van der Waals surface area (Å²) >= 11 is 0. The molecule has 0 spiro atoms. The molecule has 2 aliphatic heterocycles. The molecule has 2 aromatic heterocycles. The lowest BCUT2D eigenvalue weighted by atomic mass is 10.0. The van der Waals surface area contributed by atoms with Crippen LogP contribution < -0.4 is 10.2 Å². The summed E-state index contributed by atoms with van der Waals surface area (Å²) in [5, 5.41) is 21.5. The number of fused-ring (bicyclic) bond motifs is 1. The van der Waals surface area contributed by atoms with Crippen LogP contribution in [-0.4, -0.2) is 67.9 Å². The van der Waals surface area contributed by atoms with E-state index in [9.17, 15) is 9.90 Å². The number of H-pyrrole nitrogens is 1. The number of amides is 1. The molecular weight excluding hydrogens is 430 g/mol. The summed E-state index contributed by atoms with van der Waals surface area (Å²) in [6.45, 7) is 2.49. The molecule has 3 N–H and O–H groups in total. The van der Waals surface area contributed by atoms with E-state index in [0.29, 0.717) is 30.5 Å². The van der Waals surface area contributed by atoms with E-state index in [-0.39, 0.29) is 11.9 Å². The molecule has 1 amide bonds. The summed E-state index contributed by atoms with van der Waals surface area (Å²) in [5.74, 6) is 2.82. The van der Waals surface area contributed by atoms with Crippen molar-refractivity contribution in [3.05, 3.63) is 23.0 Å². The predicted molar refractivity (Wildman–Crippen MR) is 129 cm³/mol. The Morgan fingerprint density at radius 2 is 1.82 bits per heavy atom. The average molecular weight is 466 g/mol. The molecule has 34 heavy (non-hydrogen) atoms. The lowest BCUT2D eigenvalue weighted by Crippen LogP contribution is -2.48. The van der Waals surface area contributed by atoms with Crippen LogP contribution in [0.5, 0.6) is 0 Å². The number of hydrogen-bond donors (Lipinski definition) is 3. The normalized spacial score (nSPS) is 25.2. The molecule has 0 unspecified atom stereocenters. The van der Waals surface area contributed by atoms with Gasteiger partial charge in [0, 0.05) is 55.7 Å². The van der Waals surface area contributed by atoms with Gasteiger partial charge in [-0.1, -0.05) is 12.8 Å². The standard InChI is InChI=1S/C25H35N7O2/c33-17-13-18-20(14-17)26-25(32-12-6-9-21(32)24(34)31-10-4-1-5-11-31)28-23(18)27-22-15-19(29-30-22)16-7-2-3-8-16/h15-17,21,33H,1-14H2,(H2,26,27,28,29,30)/t17-,21-/m1/s1. The molecule has 1 saturated carbocycles. The Morgan fingerprint density at radius 3 is 2.65 bits per heavy atom. The molecule has 0 bridgehead atoms.